The smallest absolute Gasteiger partial charge is 0.119 e. The van der Waals surface area contributed by atoms with E-state index in [-0.39, 0.29) is 0 Å². The number of allylic oxidation sites excluding steroid dienone is 1. The summed E-state index contributed by atoms with van der Waals surface area (Å²) in [5.74, 6) is 0.906. The van der Waals surface area contributed by atoms with Gasteiger partial charge in [-0.25, -0.2) is 0 Å². The summed E-state index contributed by atoms with van der Waals surface area (Å²) in [5.41, 5.74) is 3.73. The maximum atomic E-state index is 5.30. The molecular formula is C18H19BrN2O. The molecule has 0 fully saturated rings. The molecule has 0 bridgehead atoms. The van der Waals surface area contributed by atoms with E-state index in [2.05, 4.69) is 75.3 Å². The van der Waals surface area contributed by atoms with Gasteiger partial charge in [0, 0.05) is 28.6 Å². The largest absolute Gasteiger partial charge is 0.497 e. The van der Waals surface area contributed by atoms with Crippen molar-refractivity contribution in [1.82, 2.24) is 4.90 Å². The van der Waals surface area contributed by atoms with E-state index in [1.165, 1.54) is 16.9 Å². The molecule has 0 saturated heterocycles. The van der Waals surface area contributed by atoms with Gasteiger partial charge in [0.05, 0.1) is 13.8 Å². The number of nitrogens with zero attached hydrogens (tertiary/aromatic N) is 2. The van der Waals surface area contributed by atoms with Gasteiger partial charge in [0.15, 0.2) is 0 Å². The molecule has 22 heavy (non-hydrogen) atoms. The molecule has 0 radical (unpaired) electrons. The van der Waals surface area contributed by atoms with Crippen molar-refractivity contribution < 1.29 is 4.74 Å². The molecular weight excluding hydrogens is 340 g/mol. The molecule has 0 N–H and O–H groups in total. The standard InChI is InChI=1S/C18H19BrN2O/c1-14-11-21(17-8-6-16(19)7-9-17)13-20(14)12-15-4-3-5-18(10-15)22-2/h3-11H,12-13H2,1-2H3. The highest BCUT2D eigenvalue weighted by atomic mass is 79.9. The minimum absolute atomic E-state index is 0.866. The number of benzene rings is 2. The van der Waals surface area contributed by atoms with Crippen LogP contribution in [0.2, 0.25) is 0 Å². The first-order chi connectivity index (χ1) is 10.7. The van der Waals surface area contributed by atoms with Crippen LogP contribution < -0.4 is 9.64 Å². The van der Waals surface area contributed by atoms with Crippen molar-refractivity contribution in [3.8, 4) is 5.75 Å². The van der Waals surface area contributed by atoms with Crippen molar-refractivity contribution in [2.45, 2.75) is 13.5 Å². The second kappa shape index (κ2) is 6.44. The molecule has 0 spiro atoms. The third kappa shape index (κ3) is 3.28. The molecule has 0 unspecified atom stereocenters. The molecule has 0 aromatic heterocycles. The second-order valence-corrected chi connectivity index (χ2v) is 6.32. The first-order valence-electron chi connectivity index (χ1n) is 7.24. The van der Waals surface area contributed by atoms with E-state index >= 15 is 0 Å². The van der Waals surface area contributed by atoms with Gasteiger partial charge in [-0.3, -0.25) is 0 Å². The van der Waals surface area contributed by atoms with Gasteiger partial charge in [0.25, 0.3) is 0 Å². The molecule has 0 atom stereocenters. The number of ether oxygens (including phenoxy) is 1. The van der Waals surface area contributed by atoms with Crippen LogP contribution in [-0.4, -0.2) is 18.7 Å². The van der Waals surface area contributed by atoms with Crippen LogP contribution in [0.15, 0.2) is 64.9 Å². The van der Waals surface area contributed by atoms with Crippen LogP contribution in [0, 0.1) is 0 Å². The Labute approximate surface area is 139 Å². The molecule has 3 nitrogen and oxygen atoms in total. The molecule has 0 aliphatic carbocycles. The molecule has 2 aromatic rings. The van der Waals surface area contributed by atoms with Crippen LogP contribution in [0.3, 0.4) is 0 Å². The van der Waals surface area contributed by atoms with Crippen molar-refractivity contribution in [1.29, 1.82) is 0 Å². The van der Waals surface area contributed by atoms with E-state index in [9.17, 15) is 0 Å². The molecule has 0 saturated carbocycles. The normalized spacial score (nSPS) is 14.2. The van der Waals surface area contributed by atoms with Crippen LogP contribution in [-0.2, 0) is 6.54 Å². The average Bonchev–Trinajstić information content (AvgIpc) is 2.89. The van der Waals surface area contributed by atoms with Crippen LogP contribution in [0.25, 0.3) is 0 Å². The Hall–Kier alpha value is -1.94. The zero-order chi connectivity index (χ0) is 15.5. The van der Waals surface area contributed by atoms with Crippen molar-refractivity contribution in [3.05, 3.63) is 70.5 Å². The summed E-state index contributed by atoms with van der Waals surface area (Å²) in [5, 5.41) is 0. The Morgan fingerprint density at radius 1 is 1.14 bits per heavy atom. The molecule has 2 aromatic carbocycles. The summed E-state index contributed by atoms with van der Waals surface area (Å²) in [7, 11) is 1.70. The highest BCUT2D eigenvalue weighted by molar-refractivity contribution is 9.10. The van der Waals surface area contributed by atoms with Crippen molar-refractivity contribution in [2.75, 3.05) is 18.7 Å². The number of anilines is 1. The third-order valence-electron chi connectivity index (χ3n) is 3.83. The maximum Gasteiger partial charge on any atom is 0.119 e. The molecule has 1 aliphatic rings. The lowest BCUT2D eigenvalue weighted by atomic mass is 10.2. The maximum absolute atomic E-state index is 5.30. The lowest BCUT2D eigenvalue weighted by molar-refractivity contribution is 0.367. The summed E-state index contributed by atoms with van der Waals surface area (Å²) < 4.78 is 6.40. The quantitative estimate of drug-likeness (QED) is 0.794. The number of hydrogen-bond acceptors (Lipinski definition) is 3. The van der Waals surface area contributed by atoms with E-state index in [4.69, 9.17) is 4.74 Å². The van der Waals surface area contributed by atoms with Gasteiger partial charge < -0.3 is 14.5 Å². The Bertz CT molecular complexity index is 682. The fourth-order valence-electron chi connectivity index (χ4n) is 2.60. The topological polar surface area (TPSA) is 15.7 Å². The first kappa shape index (κ1) is 15.0. The van der Waals surface area contributed by atoms with Crippen LogP contribution in [0.4, 0.5) is 5.69 Å². The Morgan fingerprint density at radius 3 is 2.64 bits per heavy atom. The van der Waals surface area contributed by atoms with Crippen molar-refractivity contribution in [3.63, 3.8) is 0 Å². The first-order valence-corrected chi connectivity index (χ1v) is 8.03. The van der Waals surface area contributed by atoms with E-state index in [1.807, 2.05) is 12.1 Å². The summed E-state index contributed by atoms with van der Waals surface area (Å²) >= 11 is 3.48. The molecule has 0 amide bonds. The highest BCUT2D eigenvalue weighted by Crippen LogP contribution is 2.26. The van der Waals surface area contributed by atoms with Gasteiger partial charge in [0.1, 0.15) is 5.75 Å². The Balaban J connectivity index is 1.72. The van der Waals surface area contributed by atoms with Gasteiger partial charge >= 0.3 is 0 Å². The van der Waals surface area contributed by atoms with Gasteiger partial charge in [0.2, 0.25) is 0 Å². The lowest BCUT2D eigenvalue weighted by Gasteiger charge is -2.23. The third-order valence-corrected chi connectivity index (χ3v) is 4.36. The number of rotatable bonds is 4. The lowest BCUT2D eigenvalue weighted by Crippen LogP contribution is -2.26. The minimum Gasteiger partial charge on any atom is -0.497 e. The fourth-order valence-corrected chi connectivity index (χ4v) is 2.86. The molecule has 1 heterocycles. The number of halogens is 1. The monoisotopic (exact) mass is 358 g/mol. The van der Waals surface area contributed by atoms with E-state index in [1.54, 1.807) is 7.11 Å². The predicted octanol–water partition coefficient (Wildman–Crippen LogP) is 4.60. The second-order valence-electron chi connectivity index (χ2n) is 5.41. The number of hydrogen-bond donors (Lipinski definition) is 0. The summed E-state index contributed by atoms with van der Waals surface area (Å²) in [4.78, 5) is 4.62. The van der Waals surface area contributed by atoms with Crippen molar-refractivity contribution >= 4 is 21.6 Å². The fraction of sp³-hybridized carbons (Fsp3) is 0.222. The van der Waals surface area contributed by atoms with Gasteiger partial charge in [-0.2, -0.15) is 0 Å². The zero-order valence-electron chi connectivity index (χ0n) is 12.8. The van der Waals surface area contributed by atoms with Gasteiger partial charge in [-0.15, -0.1) is 0 Å². The predicted molar refractivity (Wildman–Crippen MR) is 93.8 cm³/mol. The SMILES string of the molecule is COc1cccc(CN2CN(c3ccc(Br)cc3)C=C2C)c1. The summed E-state index contributed by atoms with van der Waals surface area (Å²) in [6.45, 7) is 3.90. The highest BCUT2D eigenvalue weighted by Gasteiger charge is 2.19. The molecule has 114 valence electrons. The Morgan fingerprint density at radius 2 is 1.91 bits per heavy atom. The summed E-state index contributed by atoms with van der Waals surface area (Å²) in [6.07, 6.45) is 2.20. The van der Waals surface area contributed by atoms with Gasteiger partial charge in [-0.1, -0.05) is 28.1 Å². The average molecular weight is 359 g/mol. The van der Waals surface area contributed by atoms with Crippen LogP contribution in [0.1, 0.15) is 12.5 Å². The summed E-state index contributed by atoms with van der Waals surface area (Å²) in [6, 6.07) is 16.6. The van der Waals surface area contributed by atoms with E-state index in [0.717, 1.165) is 23.4 Å². The number of methoxy groups -OCH3 is 1. The molecule has 3 rings (SSSR count). The van der Waals surface area contributed by atoms with Crippen molar-refractivity contribution in [2.24, 2.45) is 0 Å². The molecule has 1 aliphatic heterocycles. The molecule has 4 heteroatoms. The van der Waals surface area contributed by atoms with Crippen LogP contribution in [0.5, 0.6) is 5.75 Å². The van der Waals surface area contributed by atoms with Crippen LogP contribution >= 0.6 is 15.9 Å². The zero-order valence-corrected chi connectivity index (χ0v) is 14.4. The van der Waals surface area contributed by atoms with Gasteiger partial charge in [-0.05, 0) is 48.9 Å². The van der Waals surface area contributed by atoms with E-state index < -0.39 is 0 Å². The Kier molecular flexibility index (Phi) is 4.39. The minimum atomic E-state index is 0.866. The van der Waals surface area contributed by atoms with E-state index in [0.29, 0.717) is 0 Å².